The van der Waals surface area contributed by atoms with Gasteiger partial charge in [-0.05, 0) is 32.0 Å². The lowest BCUT2D eigenvalue weighted by Gasteiger charge is -1.99. The van der Waals surface area contributed by atoms with Crippen LogP contribution < -0.4 is 10.1 Å². The number of carbonyl (C=O) groups is 1. The molecule has 1 aromatic carbocycles. The van der Waals surface area contributed by atoms with Gasteiger partial charge < -0.3 is 9.15 Å². The van der Waals surface area contributed by atoms with Crippen molar-refractivity contribution in [3.63, 3.8) is 0 Å². The Kier molecular flexibility index (Phi) is 3.39. The van der Waals surface area contributed by atoms with Gasteiger partial charge in [-0.1, -0.05) is 17.4 Å². The number of furan rings is 1. The Bertz CT molecular complexity index is 820. The van der Waals surface area contributed by atoms with Crippen molar-refractivity contribution < 1.29 is 13.9 Å². The van der Waals surface area contributed by atoms with Gasteiger partial charge in [-0.15, -0.1) is 0 Å². The number of methoxy groups -OCH3 is 1. The van der Waals surface area contributed by atoms with Crippen LogP contribution in [0.2, 0.25) is 0 Å². The summed E-state index contributed by atoms with van der Waals surface area (Å²) in [5.74, 6) is 1.79. The number of anilines is 1. The average Bonchev–Trinajstić information content (AvgIpc) is 3.00. The van der Waals surface area contributed by atoms with Crippen molar-refractivity contribution in [1.82, 2.24) is 4.98 Å². The molecule has 0 bridgehead atoms. The highest BCUT2D eigenvalue weighted by Gasteiger charge is 2.16. The summed E-state index contributed by atoms with van der Waals surface area (Å²) in [5.41, 5.74) is 1.28. The molecular weight excluding hydrogens is 288 g/mol. The molecule has 2 heterocycles. The molecule has 0 aliphatic rings. The Morgan fingerprint density at radius 2 is 2.19 bits per heavy atom. The smallest absolute Gasteiger partial charge is 0.260 e. The number of carbonyl (C=O) groups excluding carboxylic acids is 1. The number of rotatable bonds is 3. The maximum atomic E-state index is 12.2. The fourth-order valence-corrected chi connectivity index (χ4v) is 3.04. The van der Waals surface area contributed by atoms with E-state index < -0.39 is 0 Å². The molecule has 0 spiro atoms. The molecule has 0 atom stereocenters. The van der Waals surface area contributed by atoms with Crippen LogP contribution in [0.25, 0.3) is 10.2 Å². The minimum atomic E-state index is -0.220. The van der Waals surface area contributed by atoms with Gasteiger partial charge in [-0.25, -0.2) is 4.98 Å². The zero-order valence-electron chi connectivity index (χ0n) is 11.9. The molecule has 6 heteroatoms. The number of aryl methyl sites for hydroxylation is 2. The summed E-state index contributed by atoms with van der Waals surface area (Å²) >= 11 is 1.41. The normalized spacial score (nSPS) is 10.8. The maximum Gasteiger partial charge on any atom is 0.260 e. The standard InChI is InChI=1S/C15H14N2O3S/c1-8-7-10(9(2)20-8)14(18)17-15-16-13-11(19-3)5-4-6-12(13)21-15/h4-7H,1-3H3,(H,16,17,18). The fraction of sp³-hybridized carbons (Fsp3) is 0.200. The van der Waals surface area contributed by atoms with Gasteiger partial charge in [0.25, 0.3) is 5.91 Å². The van der Waals surface area contributed by atoms with Gasteiger partial charge in [0.2, 0.25) is 0 Å². The second-order valence-electron chi connectivity index (χ2n) is 4.61. The molecule has 3 rings (SSSR count). The predicted octanol–water partition coefficient (Wildman–Crippen LogP) is 3.77. The van der Waals surface area contributed by atoms with E-state index in [1.54, 1.807) is 20.1 Å². The Morgan fingerprint density at radius 3 is 2.86 bits per heavy atom. The van der Waals surface area contributed by atoms with E-state index in [1.807, 2.05) is 25.1 Å². The van der Waals surface area contributed by atoms with Crippen molar-refractivity contribution in [2.75, 3.05) is 12.4 Å². The van der Waals surface area contributed by atoms with Crippen molar-refractivity contribution in [3.05, 3.63) is 41.3 Å². The number of aromatic nitrogens is 1. The van der Waals surface area contributed by atoms with Gasteiger partial charge in [0.05, 0.1) is 17.4 Å². The zero-order valence-corrected chi connectivity index (χ0v) is 12.7. The first-order valence-corrected chi connectivity index (χ1v) is 7.22. The summed E-state index contributed by atoms with van der Waals surface area (Å²) in [6, 6.07) is 7.41. The van der Waals surface area contributed by atoms with E-state index in [0.717, 1.165) is 10.2 Å². The topological polar surface area (TPSA) is 64.4 Å². The van der Waals surface area contributed by atoms with Crippen molar-refractivity contribution >= 4 is 32.6 Å². The SMILES string of the molecule is COc1cccc2sc(NC(=O)c3cc(C)oc3C)nc12. The minimum Gasteiger partial charge on any atom is -0.494 e. The molecule has 2 aromatic heterocycles. The molecule has 0 aliphatic carbocycles. The molecule has 0 fully saturated rings. The summed E-state index contributed by atoms with van der Waals surface area (Å²) in [6.07, 6.45) is 0. The third-order valence-electron chi connectivity index (χ3n) is 3.11. The number of nitrogens with one attached hydrogen (secondary N) is 1. The molecule has 0 aliphatic heterocycles. The highest BCUT2D eigenvalue weighted by Crippen LogP contribution is 2.32. The van der Waals surface area contributed by atoms with Gasteiger partial charge >= 0.3 is 0 Å². The lowest BCUT2D eigenvalue weighted by molar-refractivity contribution is 0.102. The summed E-state index contributed by atoms with van der Waals surface area (Å²) < 4.78 is 11.6. The van der Waals surface area contributed by atoms with Crippen molar-refractivity contribution in [3.8, 4) is 5.75 Å². The Morgan fingerprint density at radius 1 is 1.38 bits per heavy atom. The Hall–Kier alpha value is -2.34. The van der Waals surface area contributed by atoms with Gasteiger partial charge in [0.1, 0.15) is 22.8 Å². The van der Waals surface area contributed by atoms with Crippen LogP contribution in [0, 0.1) is 13.8 Å². The zero-order chi connectivity index (χ0) is 15.0. The van der Waals surface area contributed by atoms with Crippen LogP contribution in [0.15, 0.2) is 28.7 Å². The van der Waals surface area contributed by atoms with Crippen molar-refractivity contribution in [1.29, 1.82) is 0 Å². The maximum absolute atomic E-state index is 12.2. The first-order chi connectivity index (χ1) is 10.1. The Balaban J connectivity index is 1.91. The summed E-state index contributed by atoms with van der Waals surface area (Å²) in [6.45, 7) is 3.58. The molecule has 0 saturated carbocycles. The van der Waals surface area contributed by atoms with Crippen LogP contribution >= 0.6 is 11.3 Å². The lowest BCUT2D eigenvalue weighted by Crippen LogP contribution is -2.11. The van der Waals surface area contributed by atoms with Gasteiger partial charge in [0.15, 0.2) is 5.13 Å². The van der Waals surface area contributed by atoms with Crippen LogP contribution in [0.1, 0.15) is 21.9 Å². The van der Waals surface area contributed by atoms with Crippen molar-refractivity contribution in [2.45, 2.75) is 13.8 Å². The van der Waals surface area contributed by atoms with Crippen LogP contribution in [0.3, 0.4) is 0 Å². The number of benzene rings is 1. The third kappa shape index (κ3) is 2.50. The molecular formula is C15H14N2O3S. The van der Waals surface area contributed by atoms with Crippen molar-refractivity contribution in [2.24, 2.45) is 0 Å². The van der Waals surface area contributed by atoms with Gasteiger partial charge in [-0.2, -0.15) is 0 Å². The van der Waals surface area contributed by atoms with E-state index in [-0.39, 0.29) is 5.91 Å². The number of para-hydroxylation sites is 1. The second-order valence-corrected chi connectivity index (χ2v) is 5.64. The average molecular weight is 302 g/mol. The first-order valence-electron chi connectivity index (χ1n) is 6.40. The molecule has 3 aromatic rings. The molecule has 108 valence electrons. The molecule has 0 unspecified atom stereocenters. The number of hydrogen-bond acceptors (Lipinski definition) is 5. The van der Waals surface area contributed by atoms with E-state index in [1.165, 1.54) is 11.3 Å². The minimum absolute atomic E-state index is 0.220. The van der Waals surface area contributed by atoms with Crippen LogP contribution in [-0.2, 0) is 0 Å². The molecule has 1 amide bonds. The van der Waals surface area contributed by atoms with E-state index in [0.29, 0.717) is 28.0 Å². The van der Waals surface area contributed by atoms with Crippen LogP contribution in [0.4, 0.5) is 5.13 Å². The summed E-state index contributed by atoms with van der Waals surface area (Å²) in [5, 5.41) is 3.35. The fourth-order valence-electron chi connectivity index (χ4n) is 2.16. The van der Waals surface area contributed by atoms with E-state index in [9.17, 15) is 4.79 Å². The number of amides is 1. The highest BCUT2D eigenvalue weighted by molar-refractivity contribution is 7.22. The van der Waals surface area contributed by atoms with Gasteiger partial charge in [-0.3, -0.25) is 10.1 Å². The number of hydrogen-bond donors (Lipinski definition) is 1. The molecule has 0 radical (unpaired) electrons. The second kappa shape index (κ2) is 5.21. The summed E-state index contributed by atoms with van der Waals surface area (Å²) in [7, 11) is 1.60. The van der Waals surface area contributed by atoms with Crippen LogP contribution in [0.5, 0.6) is 5.75 Å². The molecule has 1 N–H and O–H groups in total. The number of ether oxygens (including phenoxy) is 1. The Labute approximate surface area is 125 Å². The number of fused-ring (bicyclic) bond motifs is 1. The first kappa shape index (κ1) is 13.6. The van der Waals surface area contributed by atoms with E-state index >= 15 is 0 Å². The lowest BCUT2D eigenvalue weighted by atomic mass is 10.2. The monoisotopic (exact) mass is 302 g/mol. The highest BCUT2D eigenvalue weighted by atomic mass is 32.1. The summed E-state index contributed by atoms with van der Waals surface area (Å²) in [4.78, 5) is 16.7. The van der Waals surface area contributed by atoms with Crippen LogP contribution in [-0.4, -0.2) is 18.0 Å². The third-order valence-corrected chi connectivity index (χ3v) is 4.04. The number of thiazole rings is 1. The van der Waals surface area contributed by atoms with E-state index in [2.05, 4.69) is 10.3 Å². The predicted molar refractivity (Wildman–Crippen MR) is 82.3 cm³/mol. The largest absolute Gasteiger partial charge is 0.494 e. The number of nitrogens with zero attached hydrogens (tertiary/aromatic N) is 1. The van der Waals surface area contributed by atoms with Gasteiger partial charge in [0, 0.05) is 0 Å². The molecule has 21 heavy (non-hydrogen) atoms. The molecule has 5 nitrogen and oxygen atoms in total. The quantitative estimate of drug-likeness (QED) is 0.800. The molecule has 0 saturated heterocycles. The van der Waals surface area contributed by atoms with E-state index in [4.69, 9.17) is 9.15 Å².